The van der Waals surface area contributed by atoms with E-state index in [4.69, 9.17) is 14.7 Å². The number of nitrogens with one attached hydrogen (secondary N) is 2. The summed E-state index contributed by atoms with van der Waals surface area (Å²) in [5.41, 5.74) is 1.25. The lowest BCUT2D eigenvalue weighted by Gasteiger charge is -2.18. The van der Waals surface area contributed by atoms with Gasteiger partial charge in [-0.15, -0.1) is 0 Å². The Kier molecular flexibility index (Phi) is 6.30. The van der Waals surface area contributed by atoms with Crippen LogP contribution in [-0.2, 0) is 15.7 Å². The first-order valence-corrected chi connectivity index (χ1v) is 11.1. The number of aromatic nitrogens is 2. The predicted molar refractivity (Wildman–Crippen MR) is 122 cm³/mol. The number of halogens is 3. The number of amides is 1. The average Bonchev–Trinajstić information content (AvgIpc) is 3.47. The topological polar surface area (TPSA) is 109 Å². The second-order valence-electron chi connectivity index (χ2n) is 8.46. The fraction of sp³-hybridized carbons (Fsp3) is 0.280. The molecule has 8 nitrogen and oxygen atoms in total. The molecule has 184 valence electrons. The standard InChI is InChI=1S/C25H20F3N5O3/c26-25(27,28)17-6-4-15(5-7-17)23(34)31-19-12-35-22-20(13-36-21(19)22)33-24-30-9-8-18(32-24)16-3-1-2-14(10-16)11-29/h1-10,19-22H,12-13H2,(H,31,34)(H,30,32,33)/t19-,20+,21-,22+/m0/s1. The summed E-state index contributed by atoms with van der Waals surface area (Å²) in [5.74, 6) is -0.140. The second-order valence-corrected chi connectivity index (χ2v) is 8.46. The highest BCUT2D eigenvalue weighted by Gasteiger charge is 2.48. The van der Waals surface area contributed by atoms with Gasteiger partial charge in [0, 0.05) is 17.3 Å². The Morgan fingerprint density at radius 2 is 1.75 bits per heavy atom. The molecule has 2 aliphatic rings. The molecule has 0 bridgehead atoms. The van der Waals surface area contributed by atoms with E-state index < -0.39 is 29.8 Å². The van der Waals surface area contributed by atoms with Crippen LogP contribution in [-0.4, -0.2) is 53.4 Å². The maximum absolute atomic E-state index is 12.8. The van der Waals surface area contributed by atoms with E-state index in [1.54, 1.807) is 30.5 Å². The normalized spacial score (nSPS) is 23.1. The molecule has 0 unspecified atom stereocenters. The SMILES string of the molecule is N#Cc1cccc(-c2ccnc(N[C@@H]3CO[C@@H]4[C@@H]3OC[C@@H]4NC(=O)c3ccc(C(F)(F)F)cc3)n2)c1. The minimum absolute atomic E-state index is 0.116. The molecule has 0 spiro atoms. The van der Waals surface area contributed by atoms with Gasteiger partial charge in [-0.05, 0) is 42.5 Å². The number of hydrogen-bond donors (Lipinski definition) is 2. The lowest BCUT2D eigenvalue weighted by molar-refractivity contribution is -0.137. The third-order valence-electron chi connectivity index (χ3n) is 6.10. The molecule has 0 saturated carbocycles. The summed E-state index contributed by atoms with van der Waals surface area (Å²) in [6, 6.07) is 14.2. The molecule has 2 saturated heterocycles. The van der Waals surface area contributed by atoms with Crippen molar-refractivity contribution in [1.82, 2.24) is 15.3 Å². The Morgan fingerprint density at radius 1 is 1.03 bits per heavy atom. The molecule has 2 aliphatic heterocycles. The number of benzene rings is 2. The molecule has 2 aromatic carbocycles. The lowest BCUT2D eigenvalue weighted by Crippen LogP contribution is -2.44. The van der Waals surface area contributed by atoms with Gasteiger partial charge in [-0.2, -0.15) is 18.4 Å². The van der Waals surface area contributed by atoms with Crippen molar-refractivity contribution in [3.05, 3.63) is 77.5 Å². The molecule has 0 aliphatic carbocycles. The van der Waals surface area contributed by atoms with Crippen molar-refractivity contribution in [3.8, 4) is 17.3 Å². The van der Waals surface area contributed by atoms with E-state index in [0.29, 0.717) is 23.8 Å². The van der Waals surface area contributed by atoms with Gasteiger partial charge in [0.1, 0.15) is 12.2 Å². The van der Waals surface area contributed by atoms with Gasteiger partial charge in [-0.25, -0.2) is 9.97 Å². The quantitative estimate of drug-likeness (QED) is 0.558. The summed E-state index contributed by atoms with van der Waals surface area (Å²) in [6.07, 6.45) is -3.67. The highest BCUT2D eigenvalue weighted by molar-refractivity contribution is 5.94. The van der Waals surface area contributed by atoms with Crippen LogP contribution >= 0.6 is 0 Å². The number of rotatable bonds is 5. The summed E-state index contributed by atoms with van der Waals surface area (Å²) >= 11 is 0. The monoisotopic (exact) mass is 495 g/mol. The summed E-state index contributed by atoms with van der Waals surface area (Å²) in [7, 11) is 0. The van der Waals surface area contributed by atoms with Crippen LogP contribution in [0.15, 0.2) is 60.8 Å². The third kappa shape index (κ3) is 4.86. The first kappa shape index (κ1) is 23.7. The molecule has 1 amide bonds. The Balaban J connectivity index is 1.22. The van der Waals surface area contributed by atoms with Crippen LogP contribution in [0, 0.1) is 11.3 Å². The fourth-order valence-corrected chi connectivity index (χ4v) is 4.31. The van der Waals surface area contributed by atoms with Crippen LogP contribution < -0.4 is 10.6 Å². The zero-order valence-corrected chi connectivity index (χ0v) is 18.7. The van der Waals surface area contributed by atoms with Gasteiger partial charge in [0.15, 0.2) is 0 Å². The Hall–Kier alpha value is -4.01. The summed E-state index contributed by atoms with van der Waals surface area (Å²) in [6.45, 7) is 0.487. The lowest BCUT2D eigenvalue weighted by atomic mass is 10.1. The van der Waals surface area contributed by atoms with E-state index in [2.05, 4.69) is 26.7 Å². The number of hydrogen-bond acceptors (Lipinski definition) is 7. The minimum atomic E-state index is -4.47. The van der Waals surface area contributed by atoms with Gasteiger partial charge in [-0.1, -0.05) is 12.1 Å². The number of ether oxygens (including phenoxy) is 2. The number of fused-ring (bicyclic) bond motifs is 1. The van der Waals surface area contributed by atoms with E-state index in [1.165, 1.54) is 0 Å². The maximum atomic E-state index is 12.8. The Labute approximate surface area is 204 Å². The van der Waals surface area contributed by atoms with Crippen LogP contribution in [0.25, 0.3) is 11.3 Å². The molecular weight excluding hydrogens is 475 g/mol. The van der Waals surface area contributed by atoms with Crippen molar-refractivity contribution < 1.29 is 27.4 Å². The zero-order valence-electron chi connectivity index (χ0n) is 18.7. The summed E-state index contributed by atoms with van der Waals surface area (Å²) < 4.78 is 50.1. The van der Waals surface area contributed by atoms with Crippen molar-refractivity contribution in [1.29, 1.82) is 5.26 Å². The van der Waals surface area contributed by atoms with E-state index >= 15 is 0 Å². The third-order valence-corrected chi connectivity index (χ3v) is 6.10. The van der Waals surface area contributed by atoms with Crippen LogP contribution in [0.5, 0.6) is 0 Å². The summed E-state index contributed by atoms with van der Waals surface area (Å²) in [4.78, 5) is 21.4. The van der Waals surface area contributed by atoms with Gasteiger partial charge < -0.3 is 20.1 Å². The van der Waals surface area contributed by atoms with Crippen molar-refractivity contribution in [3.63, 3.8) is 0 Å². The first-order valence-electron chi connectivity index (χ1n) is 11.1. The Bertz CT molecular complexity index is 1310. The van der Waals surface area contributed by atoms with Crippen LogP contribution in [0.1, 0.15) is 21.5 Å². The van der Waals surface area contributed by atoms with E-state index in [1.807, 2.05) is 6.07 Å². The zero-order chi connectivity index (χ0) is 25.3. The molecule has 3 aromatic rings. The number of alkyl halides is 3. The number of anilines is 1. The number of carbonyl (C=O) groups excluding carboxylic acids is 1. The number of nitriles is 1. The molecular formula is C25H20F3N5O3. The highest BCUT2D eigenvalue weighted by atomic mass is 19.4. The van der Waals surface area contributed by atoms with Gasteiger partial charge in [0.05, 0.1) is 48.2 Å². The molecule has 2 N–H and O–H groups in total. The maximum Gasteiger partial charge on any atom is 0.416 e. The van der Waals surface area contributed by atoms with E-state index in [9.17, 15) is 18.0 Å². The molecule has 4 atom stereocenters. The second kappa shape index (κ2) is 9.56. The average molecular weight is 495 g/mol. The summed E-state index contributed by atoms with van der Waals surface area (Å²) in [5, 5.41) is 15.1. The van der Waals surface area contributed by atoms with Crippen LogP contribution in [0.4, 0.5) is 19.1 Å². The first-order chi connectivity index (χ1) is 17.3. The number of nitrogens with zero attached hydrogens (tertiary/aromatic N) is 3. The highest BCUT2D eigenvalue weighted by Crippen LogP contribution is 2.31. The van der Waals surface area contributed by atoms with Crippen molar-refractivity contribution in [2.75, 3.05) is 18.5 Å². The van der Waals surface area contributed by atoms with Crippen LogP contribution in [0.2, 0.25) is 0 Å². The molecule has 5 rings (SSSR count). The number of carbonyl (C=O) groups is 1. The molecule has 1 aromatic heterocycles. The molecule has 11 heteroatoms. The van der Waals surface area contributed by atoms with Crippen molar-refractivity contribution >= 4 is 11.9 Å². The van der Waals surface area contributed by atoms with E-state index in [0.717, 1.165) is 29.8 Å². The van der Waals surface area contributed by atoms with Gasteiger partial charge >= 0.3 is 6.18 Å². The van der Waals surface area contributed by atoms with Gasteiger partial charge in [0.2, 0.25) is 5.95 Å². The molecule has 36 heavy (non-hydrogen) atoms. The molecule has 3 heterocycles. The smallest absolute Gasteiger partial charge is 0.371 e. The van der Waals surface area contributed by atoms with Crippen molar-refractivity contribution in [2.45, 2.75) is 30.5 Å². The van der Waals surface area contributed by atoms with Gasteiger partial charge in [0.25, 0.3) is 5.91 Å². The fourth-order valence-electron chi connectivity index (χ4n) is 4.31. The van der Waals surface area contributed by atoms with Gasteiger partial charge in [-0.3, -0.25) is 4.79 Å². The van der Waals surface area contributed by atoms with E-state index in [-0.39, 0.29) is 24.3 Å². The van der Waals surface area contributed by atoms with Crippen molar-refractivity contribution in [2.24, 2.45) is 0 Å². The molecule has 2 fully saturated rings. The predicted octanol–water partition coefficient (Wildman–Crippen LogP) is 3.41. The Morgan fingerprint density at radius 3 is 2.47 bits per heavy atom. The molecule has 0 radical (unpaired) electrons. The largest absolute Gasteiger partial charge is 0.416 e. The van der Waals surface area contributed by atoms with Crippen LogP contribution in [0.3, 0.4) is 0 Å². The minimum Gasteiger partial charge on any atom is -0.371 e.